The maximum atomic E-state index is 5.64. The summed E-state index contributed by atoms with van der Waals surface area (Å²) in [5, 5.41) is 3.41. The molecule has 0 heterocycles. The number of halogens is 1. The molecule has 0 bridgehead atoms. The molecule has 0 spiro atoms. The highest BCUT2D eigenvalue weighted by molar-refractivity contribution is 9.10. The largest absolute Gasteiger partial charge is 0.381 e. The standard InChI is InChI=1S/C15H17BrN2/c1-11-5-6-14(8-15(11)16)18-10-13-4-2-3-12(7-13)9-17/h2-8,18H,9-10,17H2,1H3. The highest BCUT2D eigenvalue weighted by Gasteiger charge is 1.98. The van der Waals surface area contributed by atoms with Crippen molar-refractivity contribution in [1.82, 2.24) is 0 Å². The zero-order valence-corrected chi connectivity index (χ0v) is 12.0. The minimum absolute atomic E-state index is 0.587. The van der Waals surface area contributed by atoms with Crippen LogP contribution in [-0.4, -0.2) is 0 Å². The normalized spacial score (nSPS) is 10.4. The molecule has 0 radical (unpaired) electrons. The number of anilines is 1. The van der Waals surface area contributed by atoms with Gasteiger partial charge in [0, 0.05) is 23.2 Å². The van der Waals surface area contributed by atoms with Crippen molar-refractivity contribution in [2.24, 2.45) is 5.73 Å². The van der Waals surface area contributed by atoms with Crippen LogP contribution in [0.25, 0.3) is 0 Å². The lowest BCUT2D eigenvalue weighted by molar-refractivity contribution is 1.05. The van der Waals surface area contributed by atoms with Crippen LogP contribution in [0.3, 0.4) is 0 Å². The maximum Gasteiger partial charge on any atom is 0.0400 e. The van der Waals surface area contributed by atoms with E-state index in [1.54, 1.807) is 0 Å². The van der Waals surface area contributed by atoms with Crippen LogP contribution in [0.1, 0.15) is 16.7 Å². The highest BCUT2D eigenvalue weighted by Crippen LogP contribution is 2.21. The summed E-state index contributed by atoms with van der Waals surface area (Å²) < 4.78 is 1.13. The van der Waals surface area contributed by atoms with Crippen LogP contribution in [0, 0.1) is 6.92 Å². The molecule has 2 rings (SSSR count). The molecule has 3 N–H and O–H groups in total. The fourth-order valence-corrected chi connectivity index (χ4v) is 2.15. The van der Waals surface area contributed by atoms with Gasteiger partial charge in [-0.25, -0.2) is 0 Å². The zero-order valence-electron chi connectivity index (χ0n) is 10.4. The average molecular weight is 305 g/mol. The Kier molecular flexibility index (Phi) is 4.39. The average Bonchev–Trinajstić information content (AvgIpc) is 2.40. The van der Waals surface area contributed by atoms with Crippen molar-refractivity contribution in [2.75, 3.05) is 5.32 Å². The van der Waals surface area contributed by atoms with Gasteiger partial charge in [0.05, 0.1) is 0 Å². The van der Waals surface area contributed by atoms with Crippen LogP contribution in [0.2, 0.25) is 0 Å². The first-order valence-electron chi connectivity index (χ1n) is 5.97. The second-order valence-corrected chi connectivity index (χ2v) is 5.20. The fraction of sp³-hybridized carbons (Fsp3) is 0.200. The van der Waals surface area contributed by atoms with Crippen molar-refractivity contribution < 1.29 is 0 Å². The summed E-state index contributed by atoms with van der Waals surface area (Å²) in [5.41, 5.74) is 10.4. The van der Waals surface area contributed by atoms with Crippen molar-refractivity contribution >= 4 is 21.6 Å². The predicted octanol–water partition coefficient (Wildman–Crippen LogP) is 3.83. The molecule has 0 aromatic heterocycles. The maximum absolute atomic E-state index is 5.64. The minimum atomic E-state index is 0.587. The van der Waals surface area contributed by atoms with Gasteiger partial charge in [0.25, 0.3) is 0 Å². The van der Waals surface area contributed by atoms with Gasteiger partial charge in [-0.05, 0) is 35.7 Å². The Balaban J connectivity index is 2.04. The molecular formula is C15H17BrN2. The molecule has 0 amide bonds. The predicted molar refractivity (Wildman–Crippen MR) is 80.5 cm³/mol. The highest BCUT2D eigenvalue weighted by atomic mass is 79.9. The lowest BCUT2D eigenvalue weighted by atomic mass is 10.1. The van der Waals surface area contributed by atoms with Crippen molar-refractivity contribution in [3.8, 4) is 0 Å². The van der Waals surface area contributed by atoms with E-state index >= 15 is 0 Å². The van der Waals surface area contributed by atoms with E-state index in [0.29, 0.717) is 6.54 Å². The van der Waals surface area contributed by atoms with Crippen LogP contribution in [0.15, 0.2) is 46.9 Å². The summed E-state index contributed by atoms with van der Waals surface area (Å²) in [6.45, 7) is 3.48. The van der Waals surface area contributed by atoms with Crippen molar-refractivity contribution in [1.29, 1.82) is 0 Å². The van der Waals surface area contributed by atoms with Crippen molar-refractivity contribution in [2.45, 2.75) is 20.0 Å². The molecule has 2 nitrogen and oxygen atoms in total. The van der Waals surface area contributed by atoms with Gasteiger partial charge in [-0.2, -0.15) is 0 Å². The molecule has 2 aromatic rings. The van der Waals surface area contributed by atoms with Gasteiger partial charge in [0.15, 0.2) is 0 Å². The molecular weight excluding hydrogens is 288 g/mol. The second kappa shape index (κ2) is 6.03. The van der Waals surface area contributed by atoms with Crippen LogP contribution < -0.4 is 11.1 Å². The van der Waals surface area contributed by atoms with Crippen LogP contribution >= 0.6 is 15.9 Å². The number of nitrogens with one attached hydrogen (secondary N) is 1. The van der Waals surface area contributed by atoms with Gasteiger partial charge in [-0.1, -0.05) is 46.3 Å². The minimum Gasteiger partial charge on any atom is -0.381 e. The molecule has 0 atom stereocenters. The number of hydrogen-bond donors (Lipinski definition) is 2. The number of benzene rings is 2. The SMILES string of the molecule is Cc1ccc(NCc2cccc(CN)c2)cc1Br. The Morgan fingerprint density at radius 1 is 1.11 bits per heavy atom. The smallest absolute Gasteiger partial charge is 0.0400 e. The van der Waals surface area contributed by atoms with Gasteiger partial charge >= 0.3 is 0 Å². The van der Waals surface area contributed by atoms with Gasteiger partial charge in [-0.3, -0.25) is 0 Å². The van der Waals surface area contributed by atoms with Gasteiger partial charge in [0.2, 0.25) is 0 Å². The zero-order chi connectivity index (χ0) is 13.0. The summed E-state index contributed by atoms with van der Waals surface area (Å²) in [6.07, 6.45) is 0. The first kappa shape index (κ1) is 13.1. The Labute approximate surface area is 116 Å². The molecule has 0 aliphatic carbocycles. The summed E-state index contributed by atoms with van der Waals surface area (Å²) in [6, 6.07) is 14.6. The van der Waals surface area contributed by atoms with Crippen LogP contribution in [-0.2, 0) is 13.1 Å². The lowest BCUT2D eigenvalue weighted by Gasteiger charge is -2.09. The monoisotopic (exact) mass is 304 g/mol. The van der Waals surface area contributed by atoms with E-state index in [9.17, 15) is 0 Å². The summed E-state index contributed by atoms with van der Waals surface area (Å²) in [5.74, 6) is 0. The summed E-state index contributed by atoms with van der Waals surface area (Å²) >= 11 is 3.54. The fourth-order valence-electron chi connectivity index (χ4n) is 1.77. The van der Waals surface area contributed by atoms with Crippen LogP contribution in [0.5, 0.6) is 0 Å². The Hall–Kier alpha value is -1.32. The Morgan fingerprint density at radius 2 is 1.89 bits per heavy atom. The third kappa shape index (κ3) is 3.34. The van der Waals surface area contributed by atoms with Crippen molar-refractivity contribution in [3.05, 3.63) is 63.6 Å². The molecule has 0 saturated heterocycles. The van der Waals surface area contributed by atoms with E-state index in [0.717, 1.165) is 16.7 Å². The molecule has 0 aliphatic rings. The van der Waals surface area contributed by atoms with E-state index < -0.39 is 0 Å². The van der Waals surface area contributed by atoms with E-state index in [1.165, 1.54) is 16.7 Å². The van der Waals surface area contributed by atoms with Crippen molar-refractivity contribution in [3.63, 3.8) is 0 Å². The molecule has 0 saturated carbocycles. The van der Waals surface area contributed by atoms with Gasteiger partial charge in [-0.15, -0.1) is 0 Å². The first-order valence-corrected chi connectivity index (χ1v) is 6.76. The van der Waals surface area contributed by atoms with E-state index in [4.69, 9.17) is 5.73 Å². The Bertz CT molecular complexity index is 538. The molecule has 0 unspecified atom stereocenters. The number of aryl methyl sites for hydroxylation is 1. The Morgan fingerprint density at radius 3 is 2.61 bits per heavy atom. The van der Waals surface area contributed by atoms with Gasteiger partial charge in [0.1, 0.15) is 0 Å². The van der Waals surface area contributed by atoms with E-state index in [2.05, 4.69) is 58.5 Å². The van der Waals surface area contributed by atoms with E-state index in [1.807, 2.05) is 12.1 Å². The third-order valence-corrected chi connectivity index (χ3v) is 3.75. The topological polar surface area (TPSA) is 38.0 Å². The summed E-state index contributed by atoms with van der Waals surface area (Å²) in [7, 11) is 0. The number of nitrogens with two attached hydrogens (primary N) is 1. The third-order valence-electron chi connectivity index (χ3n) is 2.90. The molecule has 2 aromatic carbocycles. The quantitative estimate of drug-likeness (QED) is 0.901. The summed E-state index contributed by atoms with van der Waals surface area (Å²) in [4.78, 5) is 0. The number of hydrogen-bond acceptors (Lipinski definition) is 2. The van der Waals surface area contributed by atoms with E-state index in [-0.39, 0.29) is 0 Å². The first-order chi connectivity index (χ1) is 8.69. The molecule has 18 heavy (non-hydrogen) atoms. The number of rotatable bonds is 4. The van der Waals surface area contributed by atoms with Gasteiger partial charge < -0.3 is 11.1 Å². The van der Waals surface area contributed by atoms with Crippen LogP contribution in [0.4, 0.5) is 5.69 Å². The molecule has 0 aliphatic heterocycles. The molecule has 3 heteroatoms. The molecule has 94 valence electrons. The second-order valence-electron chi connectivity index (χ2n) is 4.34. The lowest BCUT2D eigenvalue weighted by Crippen LogP contribution is -2.02. The molecule has 0 fully saturated rings.